The highest BCUT2D eigenvalue weighted by molar-refractivity contribution is 8.18. The number of carbonyl (C=O) groups excluding carboxylic acids is 2. The lowest BCUT2D eigenvalue weighted by atomic mass is 10.0. The molecule has 0 unspecified atom stereocenters. The van der Waals surface area contributed by atoms with Crippen molar-refractivity contribution in [3.63, 3.8) is 0 Å². The number of nitro groups is 1. The molecule has 0 bridgehead atoms. The number of amides is 2. The molecule has 4 rings (SSSR count). The number of fused-ring (bicyclic) bond motifs is 1. The molecule has 152 valence electrons. The molecule has 0 aromatic heterocycles. The summed E-state index contributed by atoms with van der Waals surface area (Å²) in [6.45, 7) is 1.70. The van der Waals surface area contributed by atoms with Crippen molar-refractivity contribution in [2.24, 2.45) is 4.99 Å². The summed E-state index contributed by atoms with van der Waals surface area (Å²) in [5.41, 5.74) is 2.16. The number of aryl methyl sites for hydroxylation is 1. The van der Waals surface area contributed by atoms with Gasteiger partial charge in [-0.05, 0) is 48.5 Å². The van der Waals surface area contributed by atoms with Crippen LogP contribution in [0.1, 0.15) is 11.1 Å². The molecule has 2 heterocycles. The van der Waals surface area contributed by atoms with E-state index in [-0.39, 0.29) is 28.0 Å². The first-order valence-corrected chi connectivity index (χ1v) is 10.0. The Morgan fingerprint density at radius 3 is 2.37 bits per heavy atom. The number of halogens is 1. The summed E-state index contributed by atoms with van der Waals surface area (Å²) in [6, 6.07) is 9.57. The predicted octanol–water partition coefficient (Wildman–Crippen LogP) is 4.14. The Hall–Kier alpha value is -3.17. The monoisotopic (exact) mass is 442 g/mol. The van der Waals surface area contributed by atoms with Gasteiger partial charge in [-0.15, -0.1) is 0 Å². The second-order valence-corrected chi connectivity index (χ2v) is 8.24. The zero-order valence-corrected chi connectivity index (χ0v) is 17.7. The first-order valence-electron chi connectivity index (χ1n) is 8.81. The number of nitrogens with zero attached hydrogens (tertiary/aromatic N) is 4. The summed E-state index contributed by atoms with van der Waals surface area (Å²) in [4.78, 5) is 44.2. The van der Waals surface area contributed by atoms with Gasteiger partial charge in [-0.1, -0.05) is 11.6 Å². The van der Waals surface area contributed by atoms with Crippen LogP contribution in [0.25, 0.3) is 5.57 Å². The topological polar surface area (TPSA) is 96.1 Å². The van der Waals surface area contributed by atoms with Crippen LogP contribution in [-0.2, 0) is 9.59 Å². The number of likely N-dealkylation sites (N-methyl/N-ethyl adjacent to an activating group) is 2. The van der Waals surface area contributed by atoms with Crippen LogP contribution in [0.15, 0.2) is 46.3 Å². The van der Waals surface area contributed by atoms with Crippen LogP contribution in [0, 0.1) is 17.0 Å². The number of thioether (sulfide) groups is 1. The van der Waals surface area contributed by atoms with E-state index in [9.17, 15) is 19.7 Å². The predicted molar refractivity (Wildman–Crippen MR) is 117 cm³/mol. The zero-order chi connectivity index (χ0) is 21.7. The van der Waals surface area contributed by atoms with E-state index >= 15 is 0 Å². The molecule has 0 saturated carbocycles. The Morgan fingerprint density at radius 2 is 1.73 bits per heavy atom. The quantitative estimate of drug-likeness (QED) is 0.395. The van der Waals surface area contributed by atoms with Crippen molar-refractivity contribution in [3.8, 4) is 0 Å². The van der Waals surface area contributed by atoms with Crippen molar-refractivity contribution >= 4 is 63.0 Å². The maximum atomic E-state index is 13.0. The Morgan fingerprint density at radius 1 is 1.07 bits per heavy atom. The van der Waals surface area contributed by atoms with Crippen LogP contribution in [0.2, 0.25) is 5.02 Å². The minimum Gasteiger partial charge on any atom is -0.310 e. The first-order chi connectivity index (χ1) is 14.2. The van der Waals surface area contributed by atoms with Crippen LogP contribution >= 0.6 is 23.4 Å². The molecular formula is C20H15ClN4O4S. The molecular weight excluding hydrogens is 428 g/mol. The molecule has 0 N–H and O–H groups in total. The average molecular weight is 443 g/mol. The minimum absolute atomic E-state index is 0.133. The maximum Gasteiger partial charge on any atom is 0.270 e. The van der Waals surface area contributed by atoms with Gasteiger partial charge in [-0.2, -0.15) is 0 Å². The van der Waals surface area contributed by atoms with E-state index < -0.39 is 4.92 Å². The van der Waals surface area contributed by atoms with E-state index in [1.807, 2.05) is 0 Å². The summed E-state index contributed by atoms with van der Waals surface area (Å²) < 4.78 is 0. The minimum atomic E-state index is -0.512. The van der Waals surface area contributed by atoms with E-state index in [2.05, 4.69) is 4.99 Å². The number of benzene rings is 2. The van der Waals surface area contributed by atoms with Gasteiger partial charge < -0.3 is 4.90 Å². The van der Waals surface area contributed by atoms with Crippen molar-refractivity contribution in [2.75, 3.05) is 19.0 Å². The lowest BCUT2D eigenvalue weighted by Gasteiger charge is -2.11. The molecule has 10 heteroatoms. The molecule has 8 nitrogen and oxygen atoms in total. The molecule has 1 saturated heterocycles. The average Bonchev–Trinajstić information content (AvgIpc) is 3.11. The molecule has 0 spiro atoms. The molecule has 2 amide bonds. The second kappa shape index (κ2) is 7.26. The fraction of sp³-hybridized carbons (Fsp3) is 0.150. The van der Waals surface area contributed by atoms with E-state index in [1.54, 1.807) is 45.3 Å². The van der Waals surface area contributed by atoms with Gasteiger partial charge in [0.1, 0.15) is 0 Å². The SMILES string of the molecule is Cc1cc([N+](=O)[O-])cc2c1N(C)C(=O)C2=C1SC(=Nc2ccc(Cl)cc2)N(C)C1=O. The largest absolute Gasteiger partial charge is 0.310 e. The Kier molecular flexibility index (Phi) is 4.87. The number of carbonyl (C=O) groups is 2. The van der Waals surface area contributed by atoms with E-state index in [0.717, 1.165) is 11.8 Å². The van der Waals surface area contributed by atoms with Crippen LogP contribution in [0.3, 0.4) is 0 Å². The molecule has 1 fully saturated rings. The van der Waals surface area contributed by atoms with Gasteiger partial charge in [0, 0.05) is 36.8 Å². The van der Waals surface area contributed by atoms with Crippen LogP contribution in [0.4, 0.5) is 17.1 Å². The summed E-state index contributed by atoms with van der Waals surface area (Å²) in [6.07, 6.45) is 0. The van der Waals surface area contributed by atoms with Gasteiger partial charge in [-0.25, -0.2) is 4.99 Å². The molecule has 0 aliphatic carbocycles. The van der Waals surface area contributed by atoms with Gasteiger partial charge >= 0.3 is 0 Å². The highest BCUT2D eigenvalue weighted by Crippen LogP contribution is 2.46. The van der Waals surface area contributed by atoms with Crippen LogP contribution in [-0.4, -0.2) is 40.9 Å². The number of hydrogen-bond donors (Lipinski definition) is 0. The van der Waals surface area contributed by atoms with Crippen LogP contribution in [0.5, 0.6) is 0 Å². The first kappa shape index (κ1) is 20.1. The highest BCUT2D eigenvalue weighted by Gasteiger charge is 2.41. The summed E-state index contributed by atoms with van der Waals surface area (Å²) in [5, 5.41) is 12.3. The summed E-state index contributed by atoms with van der Waals surface area (Å²) in [5.74, 6) is -0.771. The smallest absolute Gasteiger partial charge is 0.270 e. The standard InChI is InChI=1S/C20H15ClN4O4S/c1-10-8-13(25(28)29)9-14-15(18(26)23(2)16(10)14)17-19(27)24(3)20(30-17)22-12-6-4-11(21)5-7-12/h4-9H,1-3H3. The molecule has 2 aromatic carbocycles. The highest BCUT2D eigenvalue weighted by atomic mass is 35.5. The summed E-state index contributed by atoms with van der Waals surface area (Å²) in [7, 11) is 3.16. The third-order valence-corrected chi connectivity index (χ3v) is 6.26. The number of rotatable bonds is 2. The van der Waals surface area contributed by atoms with Gasteiger partial charge in [0.2, 0.25) is 0 Å². The van der Waals surface area contributed by atoms with Crippen molar-refractivity contribution in [3.05, 3.63) is 67.6 Å². The number of anilines is 1. The number of hydrogen-bond acceptors (Lipinski definition) is 6. The van der Waals surface area contributed by atoms with Crippen molar-refractivity contribution in [1.29, 1.82) is 0 Å². The fourth-order valence-electron chi connectivity index (χ4n) is 3.43. The number of amidine groups is 1. The van der Waals surface area contributed by atoms with E-state index in [1.165, 1.54) is 21.9 Å². The van der Waals surface area contributed by atoms with Crippen LogP contribution < -0.4 is 4.90 Å². The van der Waals surface area contributed by atoms with E-state index in [4.69, 9.17) is 11.6 Å². The third-order valence-electron chi connectivity index (χ3n) is 4.88. The lowest BCUT2D eigenvalue weighted by Crippen LogP contribution is -2.25. The number of aliphatic imine (C=N–C) groups is 1. The molecule has 0 atom stereocenters. The van der Waals surface area contributed by atoms with Crippen molar-refractivity contribution in [1.82, 2.24) is 4.90 Å². The van der Waals surface area contributed by atoms with Crippen molar-refractivity contribution < 1.29 is 14.5 Å². The molecule has 2 aliphatic heterocycles. The normalized spacial score (nSPS) is 19.8. The second-order valence-electron chi connectivity index (χ2n) is 6.82. The molecule has 2 aliphatic rings. The Balaban J connectivity index is 1.86. The fourth-order valence-corrected chi connectivity index (χ4v) is 4.63. The lowest BCUT2D eigenvalue weighted by molar-refractivity contribution is -0.384. The van der Waals surface area contributed by atoms with Gasteiger partial charge in [0.15, 0.2) is 5.17 Å². The Labute approximate surface area is 181 Å². The van der Waals surface area contributed by atoms with Gasteiger partial charge in [0.05, 0.1) is 26.8 Å². The number of non-ortho nitro benzene ring substituents is 1. The van der Waals surface area contributed by atoms with Gasteiger partial charge in [0.25, 0.3) is 17.5 Å². The third kappa shape index (κ3) is 3.16. The number of nitro benzene ring substituents is 1. The van der Waals surface area contributed by atoms with Crippen molar-refractivity contribution in [2.45, 2.75) is 6.92 Å². The van der Waals surface area contributed by atoms with Gasteiger partial charge in [-0.3, -0.25) is 24.6 Å². The molecule has 0 radical (unpaired) electrons. The maximum absolute atomic E-state index is 13.0. The van der Waals surface area contributed by atoms with E-state index in [0.29, 0.717) is 32.7 Å². The zero-order valence-electron chi connectivity index (χ0n) is 16.2. The summed E-state index contributed by atoms with van der Waals surface area (Å²) >= 11 is 6.97. The Bertz CT molecular complexity index is 1190. The molecule has 2 aromatic rings. The molecule has 30 heavy (non-hydrogen) atoms.